The second kappa shape index (κ2) is 7.00. The lowest BCUT2D eigenvalue weighted by Gasteiger charge is -2.30. The Kier molecular flexibility index (Phi) is 5.86. The lowest BCUT2D eigenvalue weighted by molar-refractivity contribution is -0.275. The van der Waals surface area contributed by atoms with Gasteiger partial charge in [0.05, 0.1) is 5.92 Å². The van der Waals surface area contributed by atoms with Gasteiger partial charge in [-0.05, 0) is 6.07 Å². The van der Waals surface area contributed by atoms with Crippen molar-refractivity contribution in [1.82, 2.24) is 10.2 Å². The Bertz CT molecular complexity index is 493. The molecular formula is C13H16ClF3N2O2. The van der Waals surface area contributed by atoms with Crippen LogP contribution >= 0.6 is 12.4 Å². The summed E-state index contributed by atoms with van der Waals surface area (Å²) in [5.74, 6) is -0.437. The van der Waals surface area contributed by atoms with Crippen molar-refractivity contribution in [3.8, 4) is 5.75 Å². The third kappa shape index (κ3) is 4.78. The highest BCUT2D eigenvalue weighted by atomic mass is 35.5. The van der Waals surface area contributed by atoms with E-state index >= 15 is 0 Å². The van der Waals surface area contributed by atoms with E-state index in [1.807, 2.05) is 0 Å². The van der Waals surface area contributed by atoms with Gasteiger partial charge in [-0.2, -0.15) is 0 Å². The molecule has 1 aromatic rings. The number of alkyl halides is 3. The van der Waals surface area contributed by atoms with E-state index in [1.165, 1.54) is 23.1 Å². The fourth-order valence-electron chi connectivity index (χ4n) is 1.97. The van der Waals surface area contributed by atoms with Crippen LogP contribution in [-0.2, 0) is 11.3 Å². The maximum absolute atomic E-state index is 12.3. The molecule has 1 aliphatic heterocycles. The number of amides is 1. The first-order chi connectivity index (χ1) is 9.37. The molecule has 0 spiro atoms. The number of halogens is 4. The summed E-state index contributed by atoms with van der Waals surface area (Å²) in [5, 5.41) is 2.98. The molecule has 0 unspecified atom stereocenters. The summed E-state index contributed by atoms with van der Waals surface area (Å²) in [6.45, 7) is 1.31. The average Bonchev–Trinajstić information content (AvgIpc) is 2.27. The molecule has 21 heavy (non-hydrogen) atoms. The molecule has 2 rings (SSSR count). The van der Waals surface area contributed by atoms with Crippen molar-refractivity contribution in [2.45, 2.75) is 12.9 Å². The number of ether oxygens (including phenoxy) is 1. The van der Waals surface area contributed by atoms with E-state index in [4.69, 9.17) is 0 Å². The highest BCUT2D eigenvalue weighted by molar-refractivity contribution is 5.85. The third-order valence-electron chi connectivity index (χ3n) is 3.11. The Hall–Kier alpha value is -1.47. The summed E-state index contributed by atoms with van der Waals surface area (Å²) in [5.41, 5.74) is 0.327. The second-order valence-electron chi connectivity index (χ2n) is 4.70. The molecule has 1 saturated heterocycles. The quantitative estimate of drug-likeness (QED) is 0.923. The number of nitrogens with zero attached hydrogens (tertiary/aromatic N) is 1. The van der Waals surface area contributed by atoms with Gasteiger partial charge in [-0.25, -0.2) is 0 Å². The zero-order chi connectivity index (χ0) is 14.8. The molecular weight excluding hydrogens is 309 g/mol. The van der Waals surface area contributed by atoms with Crippen molar-refractivity contribution in [3.05, 3.63) is 29.8 Å². The normalized spacial score (nSPS) is 14.9. The van der Waals surface area contributed by atoms with E-state index in [-0.39, 0.29) is 36.5 Å². The highest BCUT2D eigenvalue weighted by Crippen LogP contribution is 2.27. The largest absolute Gasteiger partial charge is 0.573 e. The van der Waals surface area contributed by atoms with Crippen LogP contribution in [0, 0.1) is 5.92 Å². The molecule has 1 heterocycles. The van der Waals surface area contributed by atoms with Crippen molar-refractivity contribution < 1.29 is 22.7 Å². The Balaban J connectivity index is 0.00000220. The molecule has 0 atom stereocenters. The molecule has 1 amide bonds. The first-order valence-corrected chi connectivity index (χ1v) is 6.16. The van der Waals surface area contributed by atoms with Gasteiger partial charge in [0, 0.05) is 32.2 Å². The lowest BCUT2D eigenvalue weighted by Crippen LogP contribution is -2.51. The van der Waals surface area contributed by atoms with Crippen molar-refractivity contribution in [1.29, 1.82) is 0 Å². The van der Waals surface area contributed by atoms with E-state index in [0.717, 1.165) is 0 Å². The molecule has 118 valence electrons. The van der Waals surface area contributed by atoms with E-state index in [2.05, 4.69) is 10.1 Å². The number of para-hydroxylation sites is 1. The number of rotatable bonds is 4. The fourth-order valence-corrected chi connectivity index (χ4v) is 1.97. The van der Waals surface area contributed by atoms with Crippen LogP contribution in [0.4, 0.5) is 13.2 Å². The van der Waals surface area contributed by atoms with Crippen LogP contribution in [0.3, 0.4) is 0 Å². The minimum atomic E-state index is -4.74. The minimum absolute atomic E-state index is 0. The van der Waals surface area contributed by atoms with E-state index in [0.29, 0.717) is 18.7 Å². The first-order valence-electron chi connectivity index (χ1n) is 6.16. The highest BCUT2D eigenvalue weighted by Gasteiger charge is 2.32. The fraction of sp³-hybridized carbons (Fsp3) is 0.462. The zero-order valence-electron chi connectivity index (χ0n) is 11.3. The van der Waals surface area contributed by atoms with E-state index in [9.17, 15) is 18.0 Å². The smallest absolute Gasteiger partial charge is 0.405 e. The van der Waals surface area contributed by atoms with Gasteiger partial charge in [-0.1, -0.05) is 18.2 Å². The number of carbonyl (C=O) groups is 1. The summed E-state index contributed by atoms with van der Waals surface area (Å²) in [4.78, 5) is 13.4. The van der Waals surface area contributed by atoms with Crippen LogP contribution in [0.15, 0.2) is 24.3 Å². The van der Waals surface area contributed by atoms with Crippen LogP contribution in [0.25, 0.3) is 0 Å². The Morgan fingerprint density at radius 1 is 1.38 bits per heavy atom. The molecule has 0 radical (unpaired) electrons. The van der Waals surface area contributed by atoms with Gasteiger partial charge < -0.3 is 15.0 Å². The van der Waals surface area contributed by atoms with Gasteiger partial charge in [0.1, 0.15) is 5.75 Å². The third-order valence-corrected chi connectivity index (χ3v) is 3.11. The molecule has 1 fully saturated rings. The van der Waals surface area contributed by atoms with Crippen LogP contribution in [0.5, 0.6) is 5.75 Å². The summed E-state index contributed by atoms with van der Waals surface area (Å²) < 4.78 is 40.9. The van der Waals surface area contributed by atoms with Gasteiger partial charge in [-0.15, -0.1) is 25.6 Å². The lowest BCUT2D eigenvalue weighted by atomic mass is 10.0. The maximum atomic E-state index is 12.3. The number of carbonyl (C=O) groups excluding carboxylic acids is 1. The summed E-state index contributed by atoms with van der Waals surface area (Å²) >= 11 is 0. The van der Waals surface area contributed by atoms with Crippen molar-refractivity contribution in [2.24, 2.45) is 5.92 Å². The Morgan fingerprint density at radius 2 is 2.00 bits per heavy atom. The van der Waals surface area contributed by atoms with Crippen LogP contribution in [0.1, 0.15) is 5.56 Å². The van der Waals surface area contributed by atoms with E-state index in [1.54, 1.807) is 13.1 Å². The number of hydrogen-bond donors (Lipinski definition) is 1. The van der Waals surface area contributed by atoms with Crippen LogP contribution < -0.4 is 10.1 Å². The molecule has 0 bridgehead atoms. The van der Waals surface area contributed by atoms with Crippen LogP contribution in [0.2, 0.25) is 0 Å². The molecule has 1 aromatic carbocycles. The van der Waals surface area contributed by atoms with Gasteiger partial charge in [0.25, 0.3) is 0 Å². The van der Waals surface area contributed by atoms with Crippen molar-refractivity contribution >= 4 is 18.3 Å². The zero-order valence-corrected chi connectivity index (χ0v) is 12.1. The number of benzene rings is 1. The Morgan fingerprint density at radius 3 is 2.52 bits per heavy atom. The summed E-state index contributed by atoms with van der Waals surface area (Å²) in [6.07, 6.45) is -4.74. The van der Waals surface area contributed by atoms with E-state index < -0.39 is 6.36 Å². The van der Waals surface area contributed by atoms with Gasteiger partial charge in [-0.3, -0.25) is 4.79 Å². The molecule has 0 aromatic heterocycles. The summed E-state index contributed by atoms with van der Waals surface area (Å²) in [7, 11) is 1.57. The number of nitrogens with one attached hydrogen (secondary N) is 1. The number of hydrogen-bond acceptors (Lipinski definition) is 3. The molecule has 0 aliphatic carbocycles. The van der Waals surface area contributed by atoms with Crippen molar-refractivity contribution in [3.63, 3.8) is 0 Å². The minimum Gasteiger partial charge on any atom is -0.405 e. The van der Waals surface area contributed by atoms with Crippen molar-refractivity contribution in [2.75, 3.05) is 20.1 Å². The average molecular weight is 325 g/mol. The molecule has 8 heteroatoms. The predicted molar refractivity (Wildman–Crippen MR) is 73.2 cm³/mol. The summed E-state index contributed by atoms with van der Waals surface area (Å²) in [6, 6.07) is 5.83. The predicted octanol–water partition coefficient (Wildman–Crippen LogP) is 2.18. The topological polar surface area (TPSA) is 41.6 Å². The Labute approximate surface area is 126 Å². The van der Waals surface area contributed by atoms with Gasteiger partial charge in [0.15, 0.2) is 0 Å². The van der Waals surface area contributed by atoms with Crippen LogP contribution in [-0.4, -0.2) is 37.3 Å². The van der Waals surface area contributed by atoms with Gasteiger partial charge in [0.2, 0.25) is 5.91 Å². The second-order valence-corrected chi connectivity index (χ2v) is 4.70. The molecule has 0 saturated carbocycles. The standard InChI is InChI=1S/C13H15F3N2O2.ClH/c1-18(12(19)10-6-17-7-10)8-9-4-2-3-5-11(9)20-13(14,15)16;/h2-5,10,17H,6-8H2,1H3;1H. The SMILES string of the molecule is CN(Cc1ccccc1OC(F)(F)F)C(=O)C1CNC1.Cl. The molecule has 1 N–H and O–H groups in total. The first kappa shape index (κ1) is 17.6. The molecule has 1 aliphatic rings. The van der Waals surface area contributed by atoms with Gasteiger partial charge >= 0.3 is 6.36 Å². The maximum Gasteiger partial charge on any atom is 0.573 e. The monoisotopic (exact) mass is 324 g/mol. The molecule has 4 nitrogen and oxygen atoms in total.